The molecule has 7 heteroatoms. The Bertz CT molecular complexity index is 926. The highest BCUT2D eigenvalue weighted by Gasteiger charge is 2.38. The number of thiophene rings is 1. The predicted octanol–water partition coefficient (Wildman–Crippen LogP) is 3.06. The Morgan fingerprint density at radius 2 is 1.86 bits per heavy atom. The second kappa shape index (κ2) is 7.97. The molecule has 5 nitrogen and oxygen atoms in total. The summed E-state index contributed by atoms with van der Waals surface area (Å²) in [5.74, 6) is 0.333. The maximum atomic E-state index is 13.8. The standard InChI is InChI=1S/C21H26N2O3S2/c1-2-18-17-9-13-27-19(17)8-10-23(18)21(24)20(16-6-4-3-5-7-16)22-11-14-28(25,26)15-12-22/h3-7,9,13,18,20H,2,8,10-12,14-15H2,1H3. The molecule has 150 valence electrons. The van der Waals surface area contributed by atoms with Crippen molar-refractivity contribution in [2.45, 2.75) is 31.8 Å². The van der Waals surface area contributed by atoms with Gasteiger partial charge in [0.25, 0.3) is 0 Å². The summed E-state index contributed by atoms with van der Waals surface area (Å²) < 4.78 is 23.8. The van der Waals surface area contributed by atoms with Gasteiger partial charge in [0.2, 0.25) is 5.91 Å². The first-order valence-electron chi connectivity index (χ1n) is 9.86. The van der Waals surface area contributed by atoms with E-state index >= 15 is 0 Å². The van der Waals surface area contributed by atoms with Gasteiger partial charge in [-0.2, -0.15) is 0 Å². The fraction of sp³-hybridized carbons (Fsp3) is 0.476. The van der Waals surface area contributed by atoms with Gasteiger partial charge < -0.3 is 4.90 Å². The molecule has 2 atom stereocenters. The monoisotopic (exact) mass is 418 g/mol. The van der Waals surface area contributed by atoms with E-state index in [0.29, 0.717) is 13.1 Å². The van der Waals surface area contributed by atoms with Crippen LogP contribution in [0.25, 0.3) is 0 Å². The molecule has 0 spiro atoms. The van der Waals surface area contributed by atoms with Crippen LogP contribution in [0.2, 0.25) is 0 Å². The molecule has 1 aromatic heterocycles. The lowest BCUT2D eigenvalue weighted by atomic mass is 9.95. The molecule has 4 rings (SSSR count). The van der Waals surface area contributed by atoms with Crippen molar-refractivity contribution in [1.82, 2.24) is 9.80 Å². The molecule has 0 N–H and O–H groups in total. The quantitative estimate of drug-likeness (QED) is 0.766. The second-order valence-electron chi connectivity index (χ2n) is 7.51. The van der Waals surface area contributed by atoms with Crippen LogP contribution in [0, 0.1) is 0 Å². The summed E-state index contributed by atoms with van der Waals surface area (Å²) in [5.41, 5.74) is 2.22. The van der Waals surface area contributed by atoms with Crippen molar-refractivity contribution in [3.8, 4) is 0 Å². The van der Waals surface area contributed by atoms with Gasteiger partial charge in [-0.15, -0.1) is 11.3 Å². The molecule has 0 aliphatic carbocycles. The molecule has 1 amide bonds. The lowest BCUT2D eigenvalue weighted by molar-refractivity contribution is -0.140. The normalized spacial score (nSPS) is 23.2. The number of benzene rings is 1. The summed E-state index contributed by atoms with van der Waals surface area (Å²) in [7, 11) is -3.00. The van der Waals surface area contributed by atoms with Gasteiger partial charge in [-0.05, 0) is 35.4 Å². The Morgan fingerprint density at radius 1 is 1.14 bits per heavy atom. The number of hydrogen-bond donors (Lipinski definition) is 0. The molecule has 3 heterocycles. The Morgan fingerprint density at radius 3 is 2.54 bits per heavy atom. The molecule has 1 fully saturated rings. The number of carbonyl (C=O) groups excluding carboxylic acids is 1. The summed E-state index contributed by atoms with van der Waals surface area (Å²) in [6.45, 7) is 3.66. The number of nitrogens with zero attached hydrogens (tertiary/aromatic N) is 2. The van der Waals surface area contributed by atoms with E-state index in [1.807, 2.05) is 35.2 Å². The molecule has 0 radical (unpaired) electrons. The maximum Gasteiger partial charge on any atom is 0.245 e. The minimum Gasteiger partial charge on any atom is -0.334 e. The van der Waals surface area contributed by atoms with Crippen LogP contribution in [-0.4, -0.2) is 55.3 Å². The number of sulfone groups is 1. The number of rotatable bonds is 4. The Kier molecular flexibility index (Phi) is 5.58. The van der Waals surface area contributed by atoms with Gasteiger partial charge in [-0.1, -0.05) is 37.3 Å². The van der Waals surface area contributed by atoms with Crippen LogP contribution >= 0.6 is 11.3 Å². The predicted molar refractivity (Wildman–Crippen MR) is 112 cm³/mol. The summed E-state index contributed by atoms with van der Waals surface area (Å²) >= 11 is 1.78. The van der Waals surface area contributed by atoms with E-state index < -0.39 is 15.9 Å². The zero-order chi connectivity index (χ0) is 19.7. The van der Waals surface area contributed by atoms with Gasteiger partial charge >= 0.3 is 0 Å². The third-order valence-corrected chi connectivity index (χ3v) is 8.46. The van der Waals surface area contributed by atoms with Crippen LogP contribution in [0.15, 0.2) is 41.8 Å². The number of amides is 1. The highest BCUT2D eigenvalue weighted by atomic mass is 32.2. The van der Waals surface area contributed by atoms with Crippen molar-refractivity contribution in [2.24, 2.45) is 0 Å². The Balaban J connectivity index is 1.66. The number of hydrogen-bond acceptors (Lipinski definition) is 5. The third kappa shape index (κ3) is 3.75. The van der Waals surface area contributed by atoms with Crippen molar-refractivity contribution in [3.05, 3.63) is 57.8 Å². The highest BCUT2D eigenvalue weighted by molar-refractivity contribution is 7.91. The second-order valence-corrected chi connectivity index (χ2v) is 10.8. The average Bonchev–Trinajstić information content (AvgIpc) is 3.18. The summed E-state index contributed by atoms with van der Waals surface area (Å²) in [5, 5.41) is 2.12. The van der Waals surface area contributed by atoms with Crippen molar-refractivity contribution in [3.63, 3.8) is 0 Å². The molecule has 2 unspecified atom stereocenters. The third-order valence-electron chi connectivity index (χ3n) is 5.86. The van der Waals surface area contributed by atoms with Gasteiger partial charge in [-0.25, -0.2) is 8.42 Å². The Labute approximate surface area is 170 Å². The molecule has 0 bridgehead atoms. The maximum absolute atomic E-state index is 13.8. The zero-order valence-corrected chi connectivity index (χ0v) is 17.7. The van der Waals surface area contributed by atoms with Crippen LogP contribution in [0.5, 0.6) is 0 Å². The topological polar surface area (TPSA) is 57.7 Å². The van der Waals surface area contributed by atoms with E-state index in [0.717, 1.165) is 24.9 Å². The molecule has 1 saturated heterocycles. The lowest BCUT2D eigenvalue weighted by Crippen LogP contribution is -2.50. The molecule has 1 aromatic carbocycles. The first-order valence-corrected chi connectivity index (χ1v) is 12.6. The highest BCUT2D eigenvalue weighted by Crippen LogP contribution is 2.37. The summed E-state index contributed by atoms with van der Waals surface area (Å²) in [4.78, 5) is 19.3. The Hall–Kier alpha value is -1.70. The SMILES string of the molecule is CCC1c2ccsc2CCN1C(=O)C(c1ccccc1)N1CCS(=O)(=O)CC1. The number of fused-ring (bicyclic) bond motifs is 1. The van der Waals surface area contributed by atoms with Gasteiger partial charge in [0.15, 0.2) is 9.84 Å². The zero-order valence-electron chi connectivity index (χ0n) is 16.1. The van der Waals surface area contributed by atoms with Gasteiger partial charge in [0, 0.05) is 24.5 Å². The molecular formula is C21H26N2O3S2. The van der Waals surface area contributed by atoms with Crippen molar-refractivity contribution in [1.29, 1.82) is 0 Å². The van der Waals surface area contributed by atoms with E-state index in [1.165, 1.54) is 10.4 Å². The minimum atomic E-state index is -3.00. The van der Waals surface area contributed by atoms with Crippen LogP contribution in [-0.2, 0) is 21.1 Å². The van der Waals surface area contributed by atoms with E-state index in [-0.39, 0.29) is 23.5 Å². The van der Waals surface area contributed by atoms with Crippen LogP contribution in [0.4, 0.5) is 0 Å². The fourth-order valence-corrected chi connectivity index (χ4v) is 6.54. The largest absolute Gasteiger partial charge is 0.334 e. The number of carbonyl (C=O) groups is 1. The van der Waals surface area contributed by atoms with Crippen LogP contribution in [0.1, 0.15) is 41.4 Å². The summed E-state index contributed by atoms with van der Waals surface area (Å²) in [6.07, 6.45) is 1.77. The molecule has 0 saturated carbocycles. The smallest absolute Gasteiger partial charge is 0.245 e. The van der Waals surface area contributed by atoms with E-state index in [2.05, 4.69) is 23.3 Å². The molecule has 2 aliphatic heterocycles. The fourth-order valence-electron chi connectivity index (χ4n) is 4.39. The minimum absolute atomic E-state index is 0.0918. The molecule has 2 aliphatic rings. The van der Waals surface area contributed by atoms with E-state index in [1.54, 1.807) is 11.3 Å². The average molecular weight is 419 g/mol. The van der Waals surface area contributed by atoms with Crippen molar-refractivity contribution < 1.29 is 13.2 Å². The lowest BCUT2D eigenvalue weighted by Gasteiger charge is -2.41. The van der Waals surface area contributed by atoms with Crippen LogP contribution in [0.3, 0.4) is 0 Å². The summed E-state index contributed by atoms with van der Waals surface area (Å²) in [6, 6.07) is 11.6. The van der Waals surface area contributed by atoms with Gasteiger partial charge in [0.1, 0.15) is 6.04 Å². The molecule has 28 heavy (non-hydrogen) atoms. The molecule has 2 aromatic rings. The van der Waals surface area contributed by atoms with Gasteiger partial charge in [0.05, 0.1) is 17.5 Å². The van der Waals surface area contributed by atoms with Crippen LogP contribution < -0.4 is 0 Å². The van der Waals surface area contributed by atoms with E-state index in [4.69, 9.17) is 0 Å². The first kappa shape index (κ1) is 19.6. The first-order chi connectivity index (χ1) is 13.5. The molecular weight excluding hydrogens is 392 g/mol. The van der Waals surface area contributed by atoms with Crippen molar-refractivity contribution >= 4 is 27.1 Å². The van der Waals surface area contributed by atoms with Gasteiger partial charge in [-0.3, -0.25) is 9.69 Å². The van der Waals surface area contributed by atoms with E-state index in [9.17, 15) is 13.2 Å². The van der Waals surface area contributed by atoms with Crippen molar-refractivity contribution in [2.75, 3.05) is 31.1 Å².